The van der Waals surface area contributed by atoms with Crippen LogP contribution in [0, 0.1) is 23.7 Å². The molecule has 10 nitrogen and oxygen atoms in total. The molecule has 1 aliphatic carbocycles. The highest BCUT2D eigenvalue weighted by molar-refractivity contribution is 7.90. The van der Waals surface area contributed by atoms with Crippen LogP contribution in [-0.4, -0.2) is 90.9 Å². The molecule has 2 bridgehead atoms. The number of fused-ring (bicyclic) bond motifs is 3. The quantitative estimate of drug-likeness (QED) is 0.412. The highest BCUT2D eigenvalue weighted by Gasteiger charge is 2.44. The average Bonchev–Trinajstić information content (AvgIpc) is 3.11. The lowest BCUT2D eigenvalue weighted by Gasteiger charge is -2.48. The molecule has 5 atom stereocenters. The number of ether oxygens (including phenoxy) is 4. The highest BCUT2D eigenvalue weighted by Crippen LogP contribution is 2.46. The number of sulfonamides is 1. The first-order valence-electron chi connectivity index (χ1n) is 18.3. The molecule has 1 saturated carbocycles. The number of halogens is 1. The number of hydrogen-bond donors (Lipinski definition) is 1. The van der Waals surface area contributed by atoms with E-state index in [0.29, 0.717) is 48.8 Å². The van der Waals surface area contributed by atoms with Gasteiger partial charge in [0.15, 0.2) is 6.29 Å². The van der Waals surface area contributed by atoms with Crippen LogP contribution < -0.4 is 14.4 Å². The average molecular weight is 732 g/mol. The summed E-state index contributed by atoms with van der Waals surface area (Å²) in [5, 5.41) is -0.165. The number of methoxy groups -OCH3 is 1. The zero-order valence-electron chi connectivity index (χ0n) is 29.9. The summed E-state index contributed by atoms with van der Waals surface area (Å²) < 4.78 is 54.7. The topological polar surface area (TPSA) is 107 Å². The highest BCUT2D eigenvalue weighted by atomic mass is 35.5. The fourth-order valence-electron chi connectivity index (χ4n) is 8.20. The van der Waals surface area contributed by atoms with Crippen molar-refractivity contribution in [3.63, 3.8) is 0 Å². The van der Waals surface area contributed by atoms with E-state index in [4.69, 9.17) is 30.5 Å². The maximum Gasteiger partial charge on any atom is 0.264 e. The number of benzene rings is 2. The monoisotopic (exact) mass is 731 g/mol. The normalized spacial score (nSPS) is 30.9. The Morgan fingerprint density at radius 2 is 1.78 bits per heavy atom. The first-order valence-corrected chi connectivity index (χ1v) is 20.2. The first kappa shape index (κ1) is 37.4. The lowest BCUT2D eigenvalue weighted by molar-refractivity contribution is -0.240. The summed E-state index contributed by atoms with van der Waals surface area (Å²) in [4.78, 5) is 18.2. The Morgan fingerprint density at radius 1 is 0.980 bits per heavy atom. The van der Waals surface area contributed by atoms with Crippen molar-refractivity contribution in [2.45, 2.75) is 82.5 Å². The zero-order valence-corrected chi connectivity index (χ0v) is 31.5. The van der Waals surface area contributed by atoms with Gasteiger partial charge in [0.1, 0.15) is 17.6 Å². The minimum Gasteiger partial charge on any atom is -0.487 e. The number of nitrogens with zero attached hydrogens (tertiary/aromatic N) is 2. The number of rotatable bonds is 4. The van der Waals surface area contributed by atoms with Crippen LogP contribution in [0.5, 0.6) is 5.75 Å². The Kier molecular flexibility index (Phi) is 12.3. The molecular formula is C38H54ClN3O7S. The van der Waals surface area contributed by atoms with Crippen LogP contribution in [0.2, 0.25) is 5.02 Å². The summed E-state index contributed by atoms with van der Waals surface area (Å²) in [6.45, 7) is 5.14. The number of likely N-dealkylation sites (N-methyl/N-ethyl adjacent to an activating group) is 1. The summed E-state index contributed by atoms with van der Waals surface area (Å²) in [6, 6.07) is 11.4. The van der Waals surface area contributed by atoms with Crippen LogP contribution in [0.15, 0.2) is 36.4 Å². The first-order chi connectivity index (χ1) is 24.0. The van der Waals surface area contributed by atoms with Gasteiger partial charge in [-0.3, -0.25) is 4.79 Å². The van der Waals surface area contributed by atoms with E-state index in [0.717, 1.165) is 69.3 Å². The summed E-state index contributed by atoms with van der Waals surface area (Å²) in [7, 11) is 1.55. The van der Waals surface area contributed by atoms with Crippen molar-refractivity contribution >= 4 is 33.2 Å². The molecular weight excluding hydrogens is 678 g/mol. The molecule has 1 amide bonds. The van der Waals surface area contributed by atoms with Crippen molar-refractivity contribution < 1.29 is 32.2 Å². The van der Waals surface area contributed by atoms with E-state index in [9.17, 15) is 13.2 Å². The number of amides is 1. The van der Waals surface area contributed by atoms with Crippen molar-refractivity contribution in [2.75, 3.05) is 59.0 Å². The van der Waals surface area contributed by atoms with E-state index >= 15 is 0 Å². The van der Waals surface area contributed by atoms with Crippen molar-refractivity contribution in [3.8, 4) is 5.75 Å². The van der Waals surface area contributed by atoms with Gasteiger partial charge in [0.25, 0.3) is 5.91 Å². The van der Waals surface area contributed by atoms with Gasteiger partial charge in [-0.05, 0) is 118 Å². The van der Waals surface area contributed by atoms with Gasteiger partial charge in [0, 0.05) is 36.7 Å². The molecule has 276 valence electrons. The maximum atomic E-state index is 13.8. The number of hydrogen-bond acceptors (Lipinski definition) is 9. The van der Waals surface area contributed by atoms with Gasteiger partial charge in [-0.1, -0.05) is 31.0 Å². The third-order valence-corrected chi connectivity index (χ3v) is 13.6. The summed E-state index contributed by atoms with van der Waals surface area (Å²) >= 11 is 6.38. The molecule has 2 aromatic rings. The molecule has 4 aliphatic rings. The fourth-order valence-corrected chi connectivity index (χ4v) is 9.99. The summed E-state index contributed by atoms with van der Waals surface area (Å²) in [6.07, 6.45) is 7.11. The Morgan fingerprint density at radius 3 is 2.50 bits per heavy atom. The summed E-state index contributed by atoms with van der Waals surface area (Å²) in [5.41, 5.74) is 3.36. The van der Waals surface area contributed by atoms with Crippen LogP contribution in [0.1, 0.15) is 73.4 Å². The minimum absolute atomic E-state index is 0.00281. The van der Waals surface area contributed by atoms with Crippen LogP contribution in [0.4, 0.5) is 5.69 Å². The lowest BCUT2D eigenvalue weighted by Crippen LogP contribution is -2.50. The van der Waals surface area contributed by atoms with E-state index in [1.54, 1.807) is 12.1 Å². The molecule has 3 aliphatic heterocycles. The molecule has 2 fully saturated rings. The van der Waals surface area contributed by atoms with Gasteiger partial charge >= 0.3 is 0 Å². The van der Waals surface area contributed by atoms with Gasteiger partial charge in [-0.15, -0.1) is 0 Å². The third-order valence-electron chi connectivity index (χ3n) is 11.5. The molecule has 2 aromatic carbocycles. The standard InChI is InChI=1S/C38H54ClN3O7S/c1-25-8-7-10-33(38-48-22-31(23-49-38)41(2)3)32-15-12-28(32)20-42-17-6-5-9-26-18-30(39)14-11-29(26)21-47-35-16-13-27(19-34(35)42)37(43)40-50(44,45)36(25)24-46-4/h11,13-14,16,18-19,25,28,31-33,36,38H,5-10,12,15,17,20-24H2,1-4H3,(H,40,43)/t25-,28-,31-,32+,33+,36-,38-/m0/s1. The number of carbonyl (C=O) groups excluding carboxylic acids is 1. The molecule has 1 N–H and O–H groups in total. The molecule has 50 heavy (non-hydrogen) atoms. The second-order valence-electron chi connectivity index (χ2n) is 15.0. The lowest BCUT2D eigenvalue weighted by atomic mass is 9.65. The molecule has 0 radical (unpaired) electrons. The van der Waals surface area contributed by atoms with E-state index in [1.165, 1.54) is 12.7 Å². The van der Waals surface area contributed by atoms with E-state index in [1.807, 2.05) is 31.2 Å². The SMILES string of the molecule is COC[C@H]1[C@@H](C)CCC[C@@H]([C@H]2OC[C@H](N(C)C)CO2)[C@@H]2CC[C@H]2CN2CCCCc3cc(Cl)ccc3COc3ccc(cc32)C(=O)NS1(=O)=O. The molecule has 1 saturated heterocycles. The maximum absolute atomic E-state index is 13.8. The predicted octanol–water partition coefficient (Wildman–Crippen LogP) is 5.90. The van der Waals surface area contributed by atoms with Gasteiger partial charge < -0.3 is 28.7 Å². The Hall–Kier alpha value is -2.41. The molecule has 12 heteroatoms. The smallest absolute Gasteiger partial charge is 0.264 e. The van der Waals surface area contributed by atoms with Gasteiger partial charge in [0.05, 0.1) is 31.5 Å². The number of anilines is 1. The van der Waals surface area contributed by atoms with E-state index in [2.05, 4.69) is 28.6 Å². The van der Waals surface area contributed by atoms with Gasteiger partial charge in [0.2, 0.25) is 10.0 Å². The van der Waals surface area contributed by atoms with Crippen LogP contribution >= 0.6 is 11.6 Å². The molecule has 0 aromatic heterocycles. The molecule has 3 heterocycles. The molecule has 0 spiro atoms. The van der Waals surface area contributed by atoms with Crippen LogP contribution in [0.25, 0.3) is 0 Å². The largest absolute Gasteiger partial charge is 0.487 e. The zero-order chi connectivity index (χ0) is 35.4. The van der Waals surface area contributed by atoms with Crippen molar-refractivity contribution in [2.24, 2.45) is 23.7 Å². The fraction of sp³-hybridized carbons (Fsp3) is 0.658. The second kappa shape index (κ2) is 16.5. The predicted molar refractivity (Wildman–Crippen MR) is 195 cm³/mol. The minimum atomic E-state index is -4.05. The van der Waals surface area contributed by atoms with Crippen molar-refractivity contribution in [1.29, 1.82) is 0 Å². The second-order valence-corrected chi connectivity index (χ2v) is 17.3. The molecule has 0 unspecified atom stereocenters. The van der Waals surface area contributed by atoms with Gasteiger partial charge in [-0.2, -0.15) is 0 Å². The van der Waals surface area contributed by atoms with Crippen molar-refractivity contribution in [3.05, 3.63) is 58.1 Å². The number of aryl methyl sites for hydroxylation is 1. The Balaban J connectivity index is 1.36. The third kappa shape index (κ3) is 8.61. The van der Waals surface area contributed by atoms with Crippen LogP contribution in [-0.2, 0) is 37.3 Å². The molecule has 6 rings (SSSR count). The Bertz CT molecular complexity index is 1580. The van der Waals surface area contributed by atoms with Crippen LogP contribution in [0.3, 0.4) is 0 Å². The summed E-state index contributed by atoms with van der Waals surface area (Å²) in [5.74, 6) is 0.799. The van der Waals surface area contributed by atoms with Crippen molar-refractivity contribution in [1.82, 2.24) is 9.62 Å². The Labute approximate surface area is 303 Å². The number of nitrogens with one attached hydrogen (secondary N) is 1. The van der Waals surface area contributed by atoms with E-state index in [-0.39, 0.29) is 36.3 Å². The van der Waals surface area contributed by atoms with Gasteiger partial charge in [-0.25, -0.2) is 13.1 Å². The van der Waals surface area contributed by atoms with E-state index < -0.39 is 21.2 Å². The number of carbonyl (C=O) groups is 1.